The zero-order valence-corrected chi connectivity index (χ0v) is 11.9. The van der Waals surface area contributed by atoms with Crippen molar-refractivity contribution in [3.63, 3.8) is 0 Å². The minimum atomic E-state index is -1.07. The second-order valence-electron chi connectivity index (χ2n) is 4.32. The quantitative estimate of drug-likeness (QED) is 0.876. The number of ether oxygens (including phenoxy) is 1. The van der Waals surface area contributed by atoms with Gasteiger partial charge in [0.05, 0.1) is 11.3 Å². The monoisotopic (exact) mass is 338 g/mol. The zero-order chi connectivity index (χ0) is 14.7. The molecule has 1 saturated heterocycles. The number of anilines is 1. The highest BCUT2D eigenvalue weighted by molar-refractivity contribution is 9.10. The van der Waals surface area contributed by atoms with Crippen LogP contribution in [0.3, 0.4) is 0 Å². The normalized spacial score (nSPS) is 21.2. The summed E-state index contributed by atoms with van der Waals surface area (Å²) < 4.78 is 5.88. The van der Waals surface area contributed by atoms with Crippen LogP contribution < -0.4 is 5.32 Å². The number of hydrogen-bond donors (Lipinski definition) is 2. The van der Waals surface area contributed by atoms with Crippen molar-refractivity contribution < 1.29 is 19.4 Å². The number of aliphatic carboxylic acids is 1. The van der Waals surface area contributed by atoms with Crippen LogP contribution in [0.2, 0.25) is 0 Å². The van der Waals surface area contributed by atoms with E-state index < -0.39 is 24.1 Å². The Balaban J connectivity index is 2.06. The summed E-state index contributed by atoms with van der Waals surface area (Å²) >= 11 is 3.24. The van der Waals surface area contributed by atoms with Crippen molar-refractivity contribution in [1.29, 1.82) is 5.26 Å². The van der Waals surface area contributed by atoms with Gasteiger partial charge in [0.25, 0.3) is 5.91 Å². The molecule has 0 spiro atoms. The zero-order valence-electron chi connectivity index (χ0n) is 10.3. The Labute approximate surface area is 123 Å². The summed E-state index contributed by atoms with van der Waals surface area (Å²) in [4.78, 5) is 22.7. The number of carbonyl (C=O) groups is 2. The molecule has 1 aromatic carbocycles. The number of rotatable bonds is 3. The lowest BCUT2D eigenvalue weighted by Crippen LogP contribution is -2.30. The van der Waals surface area contributed by atoms with Crippen LogP contribution in [0.4, 0.5) is 5.69 Å². The third kappa shape index (κ3) is 3.15. The van der Waals surface area contributed by atoms with Crippen molar-refractivity contribution >= 4 is 33.5 Å². The molecule has 1 heterocycles. The van der Waals surface area contributed by atoms with E-state index in [-0.39, 0.29) is 0 Å². The van der Waals surface area contributed by atoms with Crippen LogP contribution in [-0.2, 0) is 14.3 Å². The van der Waals surface area contributed by atoms with E-state index in [1.807, 2.05) is 6.07 Å². The number of amides is 1. The minimum absolute atomic E-state index is 0.304. The molecule has 20 heavy (non-hydrogen) atoms. The molecule has 0 unspecified atom stereocenters. The number of carboxylic acid groups (broad SMARTS) is 1. The molecule has 2 atom stereocenters. The lowest BCUT2D eigenvalue weighted by Gasteiger charge is -2.12. The summed E-state index contributed by atoms with van der Waals surface area (Å²) in [6.07, 6.45) is -1.09. The van der Waals surface area contributed by atoms with E-state index in [0.29, 0.717) is 24.1 Å². The molecule has 1 amide bonds. The first-order valence-electron chi connectivity index (χ1n) is 5.90. The Bertz CT molecular complexity index is 597. The van der Waals surface area contributed by atoms with Crippen LogP contribution >= 0.6 is 15.9 Å². The predicted octanol–water partition coefficient (Wildman–Crippen LogP) is 1.89. The summed E-state index contributed by atoms with van der Waals surface area (Å²) in [7, 11) is 0. The maximum atomic E-state index is 12.0. The maximum Gasteiger partial charge on any atom is 0.332 e. The van der Waals surface area contributed by atoms with E-state index in [1.165, 1.54) is 0 Å². The summed E-state index contributed by atoms with van der Waals surface area (Å²) in [5, 5.41) is 20.4. The fourth-order valence-electron chi connectivity index (χ4n) is 1.94. The van der Waals surface area contributed by atoms with Gasteiger partial charge in [-0.2, -0.15) is 5.26 Å². The third-order valence-electron chi connectivity index (χ3n) is 2.95. The van der Waals surface area contributed by atoms with Crippen molar-refractivity contribution in [2.45, 2.75) is 25.0 Å². The Morgan fingerprint density at radius 1 is 1.40 bits per heavy atom. The molecule has 1 aromatic rings. The molecule has 0 saturated carbocycles. The number of hydrogen-bond acceptors (Lipinski definition) is 4. The summed E-state index contributed by atoms with van der Waals surface area (Å²) in [6, 6.07) is 6.87. The minimum Gasteiger partial charge on any atom is -0.479 e. The fraction of sp³-hybridized carbons (Fsp3) is 0.308. The van der Waals surface area contributed by atoms with E-state index >= 15 is 0 Å². The topological polar surface area (TPSA) is 99.4 Å². The van der Waals surface area contributed by atoms with Crippen LogP contribution in [0.5, 0.6) is 0 Å². The largest absolute Gasteiger partial charge is 0.479 e. The molecule has 0 aromatic heterocycles. The molecule has 1 fully saturated rings. The molecule has 1 aliphatic heterocycles. The Hall–Kier alpha value is -1.91. The van der Waals surface area contributed by atoms with Crippen molar-refractivity contribution in [2.75, 3.05) is 5.32 Å². The molecule has 104 valence electrons. The van der Waals surface area contributed by atoms with Gasteiger partial charge in [0.1, 0.15) is 12.2 Å². The molecular formula is C13H11BrN2O4. The van der Waals surface area contributed by atoms with E-state index in [0.717, 1.165) is 4.47 Å². The SMILES string of the molecule is N#Cc1cc(Br)ccc1NC(=O)[C@@H]1CC[C@H](C(=O)O)O1. The fourth-order valence-corrected chi connectivity index (χ4v) is 2.30. The van der Waals surface area contributed by atoms with Crippen LogP contribution in [0, 0.1) is 11.3 Å². The van der Waals surface area contributed by atoms with E-state index in [4.69, 9.17) is 15.1 Å². The molecule has 1 aliphatic rings. The highest BCUT2D eigenvalue weighted by Crippen LogP contribution is 2.24. The van der Waals surface area contributed by atoms with Gasteiger partial charge in [0.15, 0.2) is 6.10 Å². The van der Waals surface area contributed by atoms with Gasteiger partial charge < -0.3 is 15.2 Å². The Morgan fingerprint density at radius 2 is 2.10 bits per heavy atom. The van der Waals surface area contributed by atoms with Gasteiger partial charge in [-0.25, -0.2) is 4.79 Å². The van der Waals surface area contributed by atoms with Gasteiger partial charge in [-0.15, -0.1) is 0 Å². The molecular weight excluding hydrogens is 328 g/mol. The third-order valence-corrected chi connectivity index (χ3v) is 3.44. The smallest absolute Gasteiger partial charge is 0.332 e. The highest BCUT2D eigenvalue weighted by atomic mass is 79.9. The van der Waals surface area contributed by atoms with Crippen molar-refractivity contribution in [3.05, 3.63) is 28.2 Å². The number of carboxylic acids is 1. The number of nitrogens with zero attached hydrogens (tertiary/aromatic N) is 1. The second-order valence-corrected chi connectivity index (χ2v) is 5.24. The number of halogens is 1. The van der Waals surface area contributed by atoms with Crippen LogP contribution in [0.1, 0.15) is 18.4 Å². The average molecular weight is 339 g/mol. The van der Waals surface area contributed by atoms with Gasteiger partial charge in [0, 0.05) is 4.47 Å². The van der Waals surface area contributed by atoms with Crippen molar-refractivity contribution in [2.24, 2.45) is 0 Å². The highest BCUT2D eigenvalue weighted by Gasteiger charge is 2.34. The van der Waals surface area contributed by atoms with Crippen LogP contribution in [-0.4, -0.2) is 29.2 Å². The van der Waals surface area contributed by atoms with Crippen molar-refractivity contribution in [3.8, 4) is 6.07 Å². The first-order valence-corrected chi connectivity index (χ1v) is 6.69. The van der Waals surface area contributed by atoms with Crippen LogP contribution in [0.25, 0.3) is 0 Å². The van der Waals surface area contributed by atoms with Gasteiger partial charge >= 0.3 is 5.97 Å². The van der Waals surface area contributed by atoms with Gasteiger partial charge in [-0.3, -0.25) is 4.79 Å². The van der Waals surface area contributed by atoms with E-state index in [2.05, 4.69) is 21.2 Å². The standard InChI is InChI=1S/C13H11BrN2O4/c14-8-1-2-9(7(5-8)6-15)16-12(17)10-3-4-11(20-10)13(18)19/h1-2,5,10-11H,3-4H2,(H,16,17)(H,18,19)/t10-,11+/m0/s1. The number of nitriles is 1. The molecule has 0 aliphatic carbocycles. The van der Waals surface area contributed by atoms with E-state index in [1.54, 1.807) is 18.2 Å². The van der Waals surface area contributed by atoms with Gasteiger partial charge in [-0.05, 0) is 31.0 Å². The lowest BCUT2D eigenvalue weighted by molar-refractivity contribution is -0.150. The average Bonchev–Trinajstić information content (AvgIpc) is 2.90. The van der Waals surface area contributed by atoms with E-state index in [9.17, 15) is 9.59 Å². The summed E-state index contributed by atoms with van der Waals surface area (Å²) in [5.74, 6) is -1.51. The van der Waals surface area contributed by atoms with Crippen molar-refractivity contribution in [1.82, 2.24) is 0 Å². The molecule has 2 N–H and O–H groups in total. The van der Waals surface area contributed by atoms with Gasteiger partial charge in [0.2, 0.25) is 0 Å². The summed E-state index contributed by atoms with van der Waals surface area (Å²) in [6.45, 7) is 0. The number of carbonyl (C=O) groups excluding carboxylic acids is 1. The van der Waals surface area contributed by atoms with Crippen LogP contribution in [0.15, 0.2) is 22.7 Å². The molecule has 7 heteroatoms. The number of nitrogens with one attached hydrogen (secondary N) is 1. The molecule has 6 nitrogen and oxygen atoms in total. The summed E-state index contributed by atoms with van der Waals surface area (Å²) in [5.41, 5.74) is 0.698. The second kappa shape index (κ2) is 6.03. The maximum absolute atomic E-state index is 12.0. The first-order chi connectivity index (χ1) is 9.51. The molecule has 2 rings (SSSR count). The Morgan fingerprint density at radius 3 is 2.70 bits per heavy atom. The predicted molar refractivity (Wildman–Crippen MR) is 73.0 cm³/mol. The molecule has 0 bridgehead atoms. The first kappa shape index (κ1) is 14.5. The lowest BCUT2D eigenvalue weighted by atomic mass is 10.1. The number of benzene rings is 1. The Kier molecular flexibility index (Phi) is 4.37. The van der Waals surface area contributed by atoms with Gasteiger partial charge in [-0.1, -0.05) is 15.9 Å². The molecule has 0 radical (unpaired) electrons.